The highest BCUT2D eigenvalue weighted by Gasteiger charge is 2.39. The lowest BCUT2D eigenvalue weighted by Crippen LogP contribution is -2.43. The topological polar surface area (TPSA) is 55.6 Å². The van der Waals surface area contributed by atoms with Crippen LogP contribution in [-0.4, -0.2) is 43.7 Å². The van der Waals surface area contributed by atoms with Crippen molar-refractivity contribution in [3.63, 3.8) is 0 Å². The average Bonchev–Trinajstić information content (AvgIpc) is 2.71. The molecule has 1 unspecified atom stereocenters. The second kappa shape index (κ2) is 4.72. The van der Waals surface area contributed by atoms with E-state index in [0.717, 1.165) is 32.4 Å². The normalized spacial score (nSPS) is 27.9. The Morgan fingerprint density at radius 2 is 2.31 bits per heavy atom. The minimum absolute atomic E-state index is 0.127. The van der Waals surface area contributed by atoms with Crippen LogP contribution in [0.2, 0.25) is 0 Å². The maximum atomic E-state index is 12.1. The number of likely N-dealkylation sites (tertiary alicyclic amines) is 1. The van der Waals surface area contributed by atoms with E-state index in [-0.39, 0.29) is 17.4 Å². The first-order chi connectivity index (χ1) is 7.69. The van der Waals surface area contributed by atoms with Crippen LogP contribution in [0.25, 0.3) is 0 Å². The third-order valence-corrected chi connectivity index (χ3v) is 4.20. The fourth-order valence-corrected chi connectivity index (χ4v) is 2.71. The maximum Gasteiger partial charge on any atom is 0.223 e. The Bertz CT molecular complexity index is 258. The molecule has 1 aliphatic heterocycles. The molecule has 1 atom stereocenters. The van der Waals surface area contributed by atoms with Gasteiger partial charge in [-0.3, -0.25) is 4.79 Å². The molecule has 1 amide bonds. The minimum atomic E-state index is 0.127. The third-order valence-electron chi connectivity index (χ3n) is 4.20. The summed E-state index contributed by atoms with van der Waals surface area (Å²) in [6.45, 7) is 2.26. The monoisotopic (exact) mass is 226 g/mol. The molecular weight excluding hydrogens is 204 g/mol. The van der Waals surface area contributed by atoms with Crippen molar-refractivity contribution in [2.24, 2.45) is 11.1 Å². The number of rotatable bonds is 4. The van der Waals surface area contributed by atoms with Gasteiger partial charge in [0, 0.05) is 26.6 Å². The fourth-order valence-electron chi connectivity index (χ4n) is 2.71. The van der Waals surface area contributed by atoms with Crippen LogP contribution in [-0.2, 0) is 9.53 Å². The molecule has 2 fully saturated rings. The molecule has 0 aromatic carbocycles. The van der Waals surface area contributed by atoms with Crippen molar-refractivity contribution >= 4 is 5.91 Å². The number of amides is 1. The van der Waals surface area contributed by atoms with Gasteiger partial charge in [-0.05, 0) is 31.2 Å². The SMILES string of the molecule is COC1CCN(C(=O)CC2(CN)CCC2)C1. The maximum absolute atomic E-state index is 12.1. The third kappa shape index (κ3) is 2.23. The van der Waals surface area contributed by atoms with E-state index >= 15 is 0 Å². The summed E-state index contributed by atoms with van der Waals surface area (Å²) >= 11 is 0. The number of carbonyl (C=O) groups excluding carboxylic acids is 1. The molecule has 0 radical (unpaired) electrons. The van der Waals surface area contributed by atoms with Gasteiger partial charge in [-0.25, -0.2) is 0 Å². The molecule has 0 aromatic heterocycles. The Balaban J connectivity index is 1.84. The Hall–Kier alpha value is -0.610. The molecule has 0 bridgehead atoms. The first-order valence-electron chi connectivity index (χ1n) is 6.20. The number of methoxy groups -OCH3 is 1. The van der Waals surface area contributed by atoms with Crippen LogP contribution in [0.15, 0.2) is 0 Å². The number of ether oxygens (including phenoxy) is 1. The summed E-state index contributed by atoms with van der Waals surface area (Å²) in [7, 11) is 1.71. The van der Waals surface area contributed by atoms with Crippen molar-refractivity contribution in [3.05, 3.63) is 0 Å². The van der Waals surface area contributed by atoms with E-state index in [2.05, 4.69) is 0 Å². The predicted molar refractivity (Wildman–Crippen MR) is 61.9 cm³/mol. The van der Waals surface area contributed by atoms with Crippen molar-refractivity contribution in [2.75, 3.05) is 26.7 Å². The van der Waals surface area contributed by atoms with E-state index < -0.39 is 0 Å². The van der Waals surface area contributed by atoms with Gasteiger partial charge in [0.2, 0.25) is 5.91 Å². The van der Waals surface area contributed by atoms with E-state index in [1.54, 1.807) is 7.11 Å². The summed E-state index contributed by atoms with van der Waals surface area (Å²) in [4.78, 5) is 14.0. The highest BCUT2D eigenvalue weighted by molar-refractivity contribution is 5.77. The van der Waals surface area contributed by atoms with Crippen LogP contribution < -0.4 is 5.73 Å². The van der Waals surface area contributed by atoms with Gasteiger partial charge in [0.05, 0.1) is 6.10 Å². The molecular formula is C12H22N2O2. The molecule has 2 aliphatic rings. The number of hydrogen-bond acceptors (Lipinski definition) is 3. The molecule has 1 saturated heterocycles. The lowest BCUT2D eigenvalue weighted by molar-refractivity contribution is -0.134. The van der Waals surface area contributed by atoms with Crippen molar-refractivity contribution in [1.29, 1.82) is 0 Å². The Morgan fingerprint density at radius 1 is 1.56 bits per heavy atom. The number of nitrogens with zero attached hydrogens (tertiary/aromatic N) is 1. The van der Waals surface area contributed by atoms with Crippen LogP contribution in [0.1, 0.15) is 32.1 Å². The van der Waals surface area contributed by atoms with Gasteiger partial charge in [0.1, 0.15) is 0 Å². The van der Waals surface area contributed by atoms with Crippen LogP contribution in [0.5, 0.6) is 0 Å². The van der Waals surface area contributed by atoms with Gasteiger partial charge in [-0.1, -0.05) is 6.42 Å². The molecule has 1 aliphatic carbocycles. The predicted octanol–water partition coefficient (Wildman–Crippen LogP) is 0.753. The minimum Gasteiger partial charge on any atom is -0.380 e. The number of carbonyl (C=O) groups is 1. The molecule has 1 saturated carbocycles. The molecule has 16 heavy (non-hydrogen) atoms. The summed E-state index contributed by atoms with van der Waals surface area (Å²) < 4.78 is 5.27. The molecule has 2 N–H and O–H groups in total. The second-order valence-electron chi connectivity index (χ2n) is 5.22. The molecule has 4 nitrogen and oxygen atoms in total. The summed E-state index contributed by atoms with van der Waals surface area (Å²) in [5, 5.41) is 0. The number of hydrogen-bond donors (Lipinski definition) is 1. The Morgan fingerprint density at radius 3 is 2.75 bits per heavy atom. The van der Waals surface area contributed by atoms with Gasteiger partial charge < -0.3 is 15.4 Å². The van der Waals surface area contributed by atoms with E-state index in [1.165, 1.54) is 6.42 Å². The van der Waals surface area contributed by atoms with Gasteiger partial charge in [0.25, 0.3) is 0 Å². The summed E-state index contributed by atoms with van der Waals surface area (Å²) in [6.07, 6.45) is 5.32. The van der Waals surface area contributed by atoms with Crippen LogP contribution in [0.4, 0.5) is 0 Å². The Kier molecular flexibility index (Phi) is 3.50. The quantitative estimate of drug-likeness (QED) is 0.769. The van der Waals surface area contributed by atoms with Crippen molar-refractivity contribution < 1.29 is 9.53 Å². The van der Waals surface area contributed by atoms with Crippen molar-refractivity contribution in [2.45, 2.75) is 38.2 Å². The van der Waals surface area contributed by atoms with Crippen molar-refractivity contribution in [3.8, 4) is 0 Å². The zero-order valence-corrected chi connectivity index (χ0v) is 10.1. The zero-order valence-electron chi connectivity index (χ0n) is 10.1. The standard InChI is InChI=1S/C12H22N2O2/c1-16-10-3-6-14(8-10)11(15)7-12(9-13)4-2-5-12/h10H,2-9,13H2,1H3. The average molecular weight is 226 g/mol. The first-order valence-corrected chi connectivity index (χ1v) is 6.20. The largest absolute Gasteiger partial charge is 0.380 e. The summed E-state index contributed by atoms with van der Waals surface area (Å²) in [5.74, 6) is 0.268. The van der Waals surface area contributed by atoms with Crippen LogP contribution >= 0.6 is 0 Å². The molecule has 4 heteroatoms. The first kappa shape index (κ1) is 11.9. The van der Waals surface area contributed by atoms with E-state index in [0.29, 0.717) is 13.0 Å². The molecule has 1 heterocycles. The van der Waals surface area contributed by atoms with E-state index in [4.69, 9.17) is 10.5 Å². The van der Waals surface area contributed by atoms with E-state index in [9.17, 15) is 4.79 Å². The number of nitrogens with two attached hydrogens (primary N) is 1. The summed E-state index contributed by atoms with van der Waals surface area (Å²) in [5.41, 5.74) is 5.90. The lowest BCUT2D eigenvalue weighted by Gasteiger charge is -2.41. The lowest BCUT2D eigenvalue weighted by atomic mass is 9.66. The van der Waals surface area contributed by atoms with Crippen LogP contribution in [0, 0.1) is 5.41 Å². The second-order valence-corrected chi connectivity index (χ2v) is 5.22. The highest BCUT2D eigenvalue weighted by Crippen LogP contribution is 2.43. The molecule has 2 rings (SSSR count). The highest BCUT2D eigenvalue weighted by atomic mass is 16.5. The summed E-state index contributed by atoms with van der Waals surface area (Å²) in [6, 6.07) is 0. The van der Waals surface area contributed by atoms with Crippen LogP contribution in [0.3, 0.4) is 0 Å². The van der Waals surface area contributed by atoms with Gasteiger partial charge >= 0.3 is 0 Å². The smallest absolute Gasteiger partial charge is 0.223 e. The zero-order chi connectivity index (χ0) is 11.6. The van der Waals surface area contributed by atoms with Gasteiger partial charge in [0.15, 0.2) is 0 Å². The molecule has 92 valence electrons. The molecule has 0 spiro atoms. The molecule has 0 aromatic rings. The van der Waals surface area contributed by atoms with Gasteiger partial charge in [-0.15, -0.1) is 0 Å². The van der Waals surface area contributed by atoms with E-state index in [1.807, 2.05) is 4.90 Å². The van der Waals surface area contributed by atoms with Gasteiger partial charge in [-0.2, -0.15) is 0 Å². The van der Waals surface area contributed by atoms with Crippen molar-refractivity contribution in [1.82, 2.24) is 4.90 Å². The fraction of sp³-hybridized carbons (Fsp3) is 0.917. The Labute approximate surface area is 97.1 Å².